The van der Waals surface area contributed by atoms with E-state index in [0.29, 0.717) is 0 Å². The van der Waals surface area contributed by atoms with Crippen LogP contribution in [0.1, 0.15) is 172 Å². The summed E-state index contributed by atoms with van der Waals surface area (Å²) in [6.45, 7) is 27.2. The van der Waals surface area contributed by atoms with Crippen LogP contribution >= 0.6 is 47.8 Å². The van der Waals surface area contributed by atoms with Crippen molar-refractivity contribution in [1.82, 2.24) is 0 Å². The molecule has 19 rings (SSSR count). The van der Waals surface area contributed by atoms with Crippen LogP contribution in [-0.2, 0) is 41.8 Å². The highest BCUT2D eigenvalue weighted by molar-refractivity contribution is 9.11. The van der Waals surface area contributed by atoms with Gasteiger partial charge in [0, 0.05) is 35.1 Å². The molecule has 0 N–H and O–H groups in total. The standard InChI is InChI=1S/C43H33Br.C34H33BO2.C15H12Br2/c1-41(2)35-13-7-9-15-37(35)43(38-16-10-8-14-36(38)41)33-12-6-5-11-29(33)32-23-26(18-22-34(32)43)27-17-20-30-31-21-19-28(44)25-40(31)42(3,4)39(30)24-27;1-31(2)27-15-9-11-17-29(27)34(30-18-12-10-16-28(30)31)25-14-8-7-13-23(25)24-21-22(19-20-26(24)34)35-36-32(3,4)33(5,6)37-35;1-15(2)13-7-9(16)3-5-11(13)12-6-4-10(17)8-14(12)15/h5-25H,1-4H3;7-21H,1-6H3;3-8H,1-2H3. The molecule has 482 valence electrons. The summed E-state index contributed by atoms with van der Waals surface area (Å²) in [4.78, 5) is 0. The molecule has 6 aliphatic carbocycles. The van der Waals surface area contributed by atoms with Crippen molar-refractivity contribution in [3.63, 3.8) is 0 Å². The number of rotatable bonds is 2. The van der Waals surface area contributed by atoms with Gasteiger partial charge in [0.2, 0.25) is 0 Å². The van der Waals surface area contributed by atoms with Crippen molar-refractivity contribution < 1.29 is 9.31 Å². The highest BCUT2D eigenvalue weighted by atomic mass is 79.9. The van der Waals surface area contributed by atoms with Gasteiger partial charge in [0.15, 0.2) is 0 Å². The molecule has 2 nitrogen and oxygen atoms in total. The van der Waals surface area contributed by atoms with Crippen LogP contribution in [0.2, 0.25) is 0 Å². The lowest BCUT2D eigenvalue weighted by Gasteiger charge is -2.46. The number of fused-ring (bicyclic) bond motifs is 24. The van der Waals surface area contributed by atoms with Gasteiger partial charge in [-0.25, -0.2) is 0 Å². The van der Waals surface area contributed by atoms with E-state index in [4.69, 9.17) is 9.31 Å². The van der Waals surface area contributed by atoms with Gasteiger partial charge in [-0.05, 0) is 226 Å². The fourth-order valence-corrected chi connectivity index (χ4v) is 19.7. The molecule has 2 spiro atoms. The van der Waals surface area contributed by atoms with Crippen LogP contribution in [0, 0.1) is 0 Å². The van der Waals surface area contributed by atoms with Crippen molar-refractivity contribution in [3.05, 3.63) is 357 Å². The molecule has 0 radical (unpaired) electrons. The smallest absolute Gasteiger partial charge is 0.399 e. The summed E-state index contributed by atoms with van der Waals surface area (Å²) in [6, 6.07) is 95.6. The quantitative estimate of drug-likeness (QED) is 0.161. The zero-order valence-electron chi connectivity index (χ0n) is 57.8. The average molecular weight is 1470 g/mol. The van der Waals surface area contributed by atoms with E-state index in [0.717, 1.165) is 18.9 Å². The lowest BCUT2D eigenvalue weighted by molar-refractivity contribution is 0.00578. The molecule has 7 aliphatic rings. The predicted octanol–water partition coefficient (Wildman–Crippen LogP) is 23.9. The maximum atomic E-state index is 6.45. The fourth-order valence-electron chi connectivity index (χ4n) is 18.6. The maximum Gasteiger partial charge on any atom is 0.494 e. The van der Waals surface area contributed by atoms with Crippen molar-refractivity contribution >= 4 is 60.4 Å². The van der Waals surface area contributed by atoms with Gasteiger partial charge < -0.3 is 9.31 Å². The maximum absolute atomic E-state index is 6.45. The minimum atomic E-state index is -0.385. The van der Waals surface area contributed by atoms with Gasteiger partial charge in [0.25, 0.3) is 0 Å². The lowest BCUT2D eigenvalue weighted by atomic mass is 9.55. The molecule has 12 aromatic carbocycles. The number of halogens is 3. The van der Waals surface area contributed by atoms with E-state index in [1.54, 1.807) is 0 Å². The summed E-state index contributed by atoms with van der Waals surface area (Å²) in [6.07, 6.45) is 0. The first-order valence-electron chi connectivity index (χ1n) is 34.6. The molecule has 0 amide bonds. The fraction of sp³-hybridized carbons (Fsp3) is 0.217. The third kappa shape index (κ3) is 8.82. The topological polar surface area (TPSA) is 18.5 Å². The zero-order valence-corrected chi connectivity index (χ0v) is 62.5. The summed E-state index contributed by atoms with van der Waals surface area (Å²) < 4.78 is 16.3. The van der Waals surface area contributed by atoms with Crippen LogP contribution in [0.15, 0.2) is 268 Å². The van der Waals surface area contributed by atoms with Gasteiger partial charge >= 0.3 is 7.12 Å². The van der Waals surface area contributed by atoms with E-state index in [9.17, 15) is 0 Å². The first-order chi connectivity index (χ1) is 46.8. The second-order valence-corrected chi connectivity index (χ2v) is 34.0. The minimum absolute atomic E-state index is 0.0554. The van der Waals surface area contributed by atoms with Crippen LogP contribution < -0.4 is 5.46 Å². The molecule has 98 heavy (non-hydrogen) atoms. The Bertz CT molecular complexity index is 5200. The third-order valence-electron chi connectivity index (χ3n) is 24.2. The molecule has 12 aromatic rings. The first kappa shape index (κ1) is 63.5. The van der Waals surface area contributed by atoms with E-state index < -0.39 is 0 Å². The van der Waals surface area contributed by atoms with Crippen LogP contribution in [0.25, 0.3) is 55.6 Å². The Balaban J connectivity index is 0.000000120. The molecule has 1 fully saturated rings. The molecule has 0 saturated carbocycles. The van der Waals surface area contributed by atoms with E-state index in [1.165, 1.54) is 145 Å². The molecule has 1 heterocycles. The van der Waals surface area contributed by atoms with E-state index >= 15 is 0 Å². The van der Waals surface area contributed by atoms with Crippen LogP contribution in [0.5, 0.6) is 0 Å². The van der Waals surface area contributed by atoms with Gasteiger partial charge in [0.1, 0.15) is 0 Å². The second-order valence-electron chi connectivity index (χ2n) is 31.3. The average Bonchev–Trinajstić information content (AvgIpc) is 1.41. The molecule has 1 saturated heterocycles. The highest BCUT2D eigenvalue weighted by Crippen LogP contribution is 2.65. The monoisotopic (exact) mass is 1460 g/mol. The zero-order chi connectivity index (χ0) is 68.0. The van der Waals surface area contributed by atoms with Gasteiger partial charge in [-0.2, -0.15) is 0 Å². The number of benzene rings is 12. The Morgan fingerprint density at radius 3 is 0.878 bits per heavy atom. The summed E-state index contributed by atoms with van der Waals surface area (Å²) in [5, 5.41) is 0. The number of hydrogen-bond acceptors (Lipinski definition) is 2. The molecular weight excluding hydrogens is 1390 g/mol. The van der Waals surface area contributed by atoms with E-state index in [1.807, 2.05) is 0 Å². The third-order valence-corrected chi connectivity index (χ3v) is 25.7. The van der Waals surface area contributed by atoms with E-state index in [2.05, 4.69) is 386 Å². The first-order valence-corrected chi connectivity index (χ1v) is 37.0. The van der Waals surface area contributed by atoms with Crippen LogP contribution in [0.3, 0.4) is 0 Å². The van der Waals surface area contributed by atoms with Crippen molar-refractivity contribution in [2.45, 2.75) is 127 Å². The van der Waals surface area contributed by atoms with Gasteiger partial charge in [-0.1, -0.05) is 309 Å². The Kier molecular flexibility index (Phi) is 14.3. The van der Waals surface area contributed by atoms with Crippen molar-refractivity contribution in [3.8, 4) is 55.6 Å². The Labute approximate surface area is 604 Å². The Morgan fingerprint density at radius 2 is 0.490 bits per heavy atom. The summed E-state index contributed by atoms with van der Waals surface area (Å²) >= 11 is 10.8. The van der Waals surface area contributed by atoms with Crippen molar-refractivity contribution in [2.75, 3.05) is 0 Å². The summed E-state index contributed by atoms with van der Waals surface area (Å²) in [7, 11) is -0.385. The molecule has 0 unspecified atom stereocenters. The molecule has 1 aliphatic heterocycles. The SMILES string of the molecule is CC1(C)c2cc(Br)ccc2-c2ccc(-c3ccc4c(c3)-c3ccccc3C43c4ccccc4C(C)(C)c4ccccc43)cc21.CC1(C)c2cc(Br)ccc2-c2ccc(Br)cc21.CC1(C)c2ccccc2C2(c3ccccc3-c3cc(B4OC(C)(C)C(C)(C)O4)ccc32)c2ccccc21. The van der Waals surface area contributed by atoms with E-state index in [-0.39, 0.29) is 50.8 Å². The van der Waals surface area contributed by atoms with Crippen molar-refractivity contribution in [2.24, 2.45) is 0 Å². The van der Waals surface area contributed by atoms with Crippen LogP contribution in [-0.4, -0.2) is 18.3 Å². The van der Waals surface area contributed by atoms with Gasteiger partial charge in [-0.15, -0.1) is 0 Å². The molecule has 0 bridgehead atoms. The van der Waals surface area contributed by atoms with Crippen LogP contribution in [0.4, 0.5) is 0 Å². The highest BCUT2D eigenvalue weighted by Gasteiger charge is 2.57. The molecular formula is C92H78BBr3O2. The molecule has 0 atom stereocenters. The van der Waals surface area contributed by atoms with Gasteiger partial charge in [0.05, 0.1) is 22.0 Å². The van der Waals surface area contributed by atoms with Crippen molar-refractivity contribution in [1.29, 1.82) is 0 Å². The Morgan fingerprint density at radius 1 is 0.224 bits per heavy atom. The lowest BCUT2D eigenvalue weighted by Crippen LogP contribution is -2.41. The summed E-state index contributed by atoms with van der Waals surface area (Å²) in [5.41, 5.74) is 35.0. The predicted molar refractivity (Wildman–Crippen MR) is 418 cm³/mol. The minimum Gasteiger partial charge on any atom is -0.399 e. The molecule has 6 heteroatoms. The second kappa shape index (κ2) is 22.0. The Hall–Kier alpha value is -7.94. The normalized spacial score (nSPS) is 18.1. The van der Waals surface area contributed by atoms with Gasteiger partial charge in [-0.3, -0.25) is 0 Å². The number of hydrogen-bond donors (Lipinski definition) is 0. The molecule has 0 aromatic heterocycles. The largest absolute Gasteiger partial charge is 0.494 e. The summed E-state index contributed by atoms with van der Waals surface area (Å²) in [5.74, 6) is 0.